The number of rotatable bonds is 4. The van der Waals surface area contributed by atoms with Crippen molar-refractivity contribution >= 4 is 23.0 Å². The van der Waals surface area contributed by atoms with E-state index in [1.165, 1.54) is 16.7 Å². The molecule has 0 bridgehead atoms. The zero-order valence-corrected chi connectivity index (χ0v) is 15.6. The highest BCUT2D eigenvalue weighted by atomic mass is 32.2. The predicted molar refractivity (Wildman–Crippen MR) is 112 cm³/mol. The van der Waals surface area contributed by atoms with E-state index in [2.05, 4.69) is 54.6 Å². The molecular formula is C23H19NO2S. The van der Waals surface area contributed by atoms with E-state index >= 15 is 0 Å². The van der Waals surface area contributed by atoms with Gasteiger partial charge in [0.2, 0.25) is 0 Å². The fraction of sp³-hybridized carbons (Fsp3) is 0.130. The minimum absolute atomic E-state index is 0.104. The number of hydrogen-bond acceptors (Lipinski definition) is 3. The van der Waals surface area contributed by atoms with Crippen LogP contribution < -0.4 is 0 Å². The molecule has 3 aromatic rings. The van der Waals surface area contributed by atoms with Crippen LogP contribution in [0, 0.1) is 10.1 Å². The van der Waals surface area contributed by atoms with Crippen molar-refractivity contribution in [3.63, 3.8) is 0 Å². The van der Waals surface area contributed by atoms with Crippen molar-refractivity contribution in [3.8, 4) is 0 Å². The molecule has 1 heterocycles. The smallest absolute Gasteiger partial charge is 0.258 e. The Morgan fingerprint density at radius 2 is 1.37 bits per heavy atom. The maximum Gasteiger partial charge on any atom is 0.269 e. The Hall–Kier alpha value is -2.85. The molecule has 1 aliphatic rings. The Morgan fingerprint density at radius 1 is 0.815 bits per heavy atom. The third-order valence-electron chi connectivity index (χ3n) is 5.04. The fourth-order valence-electron chi connectivity index (χ4n) is 3.57. The lowest BCUT2D eigenvalue weighted by Crippen LogP contribution is -2.26. The Morgan fingerprint density at radius 3 is 1.81 bits per heavy atom. The quantitative estimate of drug-likeness (QED) is 0.412. The highest BCUT2D eigenvalue weighted by Crippen LogP contribution is 2.50. The maximum absolute atomic E-state index is 10.9. The Kier molecular flexibility index (Phi) is 4.82. The van der Waals surface area contributed by atoms with E-state index in [-0.39, 0.29) is 15.4 Å². The first-order valence-corrected chi connectivity index (χ1v) is 9.86. The van der Waals surface area contributed by atoms with Crippen LogP contribution in [0.4, 0.5) is 5.69 Å². The molecular weight excluding hydrogens is 354 g/mol. The number of thioether (sulfide) groups is 1. The van der Waals surface area contributed by atoms with E-state index < -0.39 is 0 Å². The minimum atomic E-state index is -0.358. The predicted octanol–water partition coefficient (Wildman–Crippen LogP) is 6.06. The molecule has 0 N–H and O–H groups in total. The molecule has 3 aromatic carbocycles. The van der Waals surface area contributed by atoms with Gasteiger partial charge in [-0.1, -0.05) is 66.7 Å². The van der Waals surface area contributed by atoms with Crippen molar-refractivity contribution in [2.24, 2.45) is 0 Å². The average Bonchev–Trinajstić information content (AvgIpc) is 2.75. The van der Waals surface area contributed by atoms with Gasteiger partial charge in [-0.25, -0.2) is 0 Å². The first kappa shape index (κ1) is 17.6. The Balaban J connectivity index is 1.70. The van der Waals surface area contributed by atoms with Crippen molar-refractivity contribution in [1.82, 2.24) is 0 Å². The molecule has 0 atom stereocenters. The lowest BCUT2D eigenvalue weighted by Gasteiger charge is -2.37. The molecule has 134 valence electrons. The number of allylic oxidation sites excluding steroid dienone is 1. The summed E-state index contributed by atoms with van der Waals surface area (Å²) in [6.45, 7) is 0. The highest BCUT2D eigenvalue weighted by molar-refractivity contribution is 8.00. The van der Waals surface area contributed by atoms with Gasteiger partial charge in [0, 0.05) is 17.9 Å². The number of benzene rings is 3. The normalized spacial score (nSPS) is 15.8. The summed E-state index contributed by atoms with van der Waals surface area (Å²) in [5.74, 6) is 0.863. The van der Waals surface area contributed by atoms with Gasteiger partial charge in [-0.3, -0.25) is 10.1 Å². The first-order valence-electron chi connectivity index (χ1n) is 8.88. The van der Waals surface area contributed by atoms with Gasteiger partial charge in [-0.2, -0.15) is 0 Å². The third kappa shape index (κ3) is 3.40. The van der Waals surface area contributed by atoms with Crippen molar-refractivity contribution in [1.29, 1.82) is 0 Å². The van der Waals surface area contributed by atoms with Crippen LogP contribution in [0.1, 0.15) is 23.1 Å². The molecule has 0 fully saturated rings. The van der Waals surface area contributed by atoms with Crippen molar-refractivity contribution in [2.75, 3.05) is 5.75 Å². The molecule has 0 unspecified atom stereocenters. The topological polar surface area (TPSA) is 43.1 Å². The maximum atomic E-state index is 10.9. The van der Waals surface area contributed by atoms with Gasteiger partial charge in [-0.05, 0) is 40.8 Å². The molecule has 0 amide bonds. The zero-order valence-electron chi connectivity index (χ0n) is 14.7. The van der Waals surface area contributed by atoms with Gasteiger partial charge in [0.05, 0.1) is 9.67 Å². The van der Waals surface area contributed by atoms with Gasteiger partial charge in [0.25, 0.3) is 5.69 Å². The van der Waals surface area contributed by atoms with Crippen LogP contribution in [0.15, 0.2) is 91.0 Å². The van der Waals surface area contributed by atoms with Crippen LogP contribution >= 0.6 is 11.8 Å². The van der Waals surface area contributed by atoms with Crippen LogP contribution in [-0.4, -0.2) is 10.7 Å². The lowest BCUT2D eigenvalue weighted by atomic mass is 9.86. The van der Waals surface area contributed by atoms with E-state index in [9.17, 15) is 10.1 Å². The van der Waals surface area contributed by atoms with Gasteiger partial charge < -0.3 is 0 Å². The molecule has 4 heteroatoms. The first-order chi connectivity index (χ1) is 13.2. The van der Waals surface area contributed by atoms with Crippen LogP contribution in [0.5, 0.6) is 0 Å². The second-order valence-corrected chi connectivity index (χ2v) is 7.86. The minimum Gasteiger partial charge on any atom is -0.258 e. The van der Waals surface area contributed by atoms with Crippen LogP contribution in [0.2, 0.25) is 0 Å². The van der Waals surface area contributed by atoms with Crippen molar-refractivity contribution in [2.45, 2.75) is 11.2 Å². The van der Waals surface area contributed by atoms with Crippen molar-refractivity contribution in [3.05, 3.63) is 118 Å². The lowest BCUT2D eigenvalue weighted by molar-refractivity contribution is -0.384. The SMILES string of the molecule is O=[N+]([O-])c1ccc(C2=CCC(c3ccccc3)(c3ccccc3)SC2)cc1. The molecule has 0 saturated heterocycles. The van der Waals surface area contributed by atoms with Gasteiger partial charge in [0.15, 0.2) is 0 Å². The number of non-ortho nitro benzene ring substituents is 1. The number of nitro benzene ring substituents is 1. The summed E-state index contributed by atoms with van der Waals surface area (Å²) in [5, 5.41) is 10.9. The van der Waals surface area contributed by atoms with Gasteiger partial charge >= 0.3 is 0 Å². The summed E-state index contributed by atoms with van der Waals surface area (Å²) in [4.78, 5) is 10.5. The van der Waals surface area contributed by atoms with E-state index in [1.54, 1.807) is 12.1 Å². The van der Waals surface area contributed by atoms with Gasteiger partial charge in [-0.15, -0.1) is 11.8 Å². The average molecular weight is 373 g/mol. The summed E-state index contributed by atoms with van der Waals surface area (Å²) in [6.07, 6.45) is 3.18. The summed E-state index contributed by atoms with van der Waals surface area (Å²) >= 11 is 1.93. The Labute approximate surface area is 162 Å². The number of nitrogens with zero attached hydrogens (tertiary/aromatic N) is 1. The molecule has 0 aromatic heterocycles. The molecule has 0 spiro atoms. The van der Waals surface area contributed by atoms with Crippen molar-refractivity contribution < 1.29 is 4.92 Å². The third-order valence-corrected chi connectivity index (χ3v) is 6.63. The number of nitro groups is 1. The second kappa shape index (κ2) is 7.41. The zero-order chi connectivity index (χ0) is 18.7. The monoisotopic (exact) mass is 373 g/mol. The second-order valence-electron chi connectivity index (χ2n) is 6.59. The summed E-state index contributed by atoms with van der Waals surface area (Å²) in [7, 11) is 0. The van der Waals surface area contributed by atoms with Crippen LogP contribution in [-0.2, 0) is 4.75 Å². The molecule has 1 aliphatic heterocycles. The van der Waals surface area contributed by atoms with Crippen LogP contribution in [0.25, 0.3) is 5.57 Å². The largest absolute Gasteiger partial charge is 0.269 e. The summed E-state index contributed by atoms with van der Waals surface area (Å²) in [5.41, 5.74) is 5.03. The van der Waals surface area contributed by atoms with E-state index in [0.717, 1.165) is 17.7 Å². The van der Waals surface area contributed by atoms with Crippen LogP contribution in [0.3, 0.4) is 0 Å². The van der Waals surface area contributed by atoms with E-state index in [1.807, 2.05) is 36.0 Å². The van der Waals surface area contributed by atoms with E-state index in [0.29, 0.717) is 0 Å². The Bertz CT molecular complexity index is 927. The summed E-state index contributed by atoms with van der Waals surface area (Å²) in [6, 6.07) is 28.1. The number of hydrogen-bond donors (Lipinski definition) is 0. The fourth-order valence-corrected chi connectivity index (χ4v) is 5.06. The van der Waals surface area contributed by atoms with Gasteiger partial charge in [0.1, 0.15) is 0 Å². The molecule has 27 heavy (non-hydrogen) atoms. The standard InChI is InChI=1S/C23H19NO2S/c25-24(26)22-13-11-18(12-14-22)19-15-16-23(27-17-19,20-7-3-1-4-8-20)21-9-5-2-6-10-21/h1-15H,16-17H2. The molecule has 0 radical (unpaired) electrons. The molecule has 0 aliphatic carbocycles. The summed E-state index contributed by atoms with van der Waals surface area (Å²) < 4.78 is -0.104. The molecule has 0 saturated carbocycles. The molecule has 3 nitrogen and oxygen atoms in total. The van der Waals surface area contributed by atoms with E-state index in [4.69, 9.17) is 0 Å². The highest BCUT2D eigenvalue weighted by Gasteiger charge is 2.36. The molecule has 4 rings (SSSR count).